The summed E-state index contributed by atoms with van der Waals surface area (Å²) in [4.78, 5) is 23.5. The molecule has 5 nitrogen and oxygen atoms in total. The minimum Gasteiger partial charge on any atom is -0.466 e. The maximum absolute atomic E-state index is 11.7. The Morgan fingerprint density at radius 3 is 1.12 bits per heavy atom. The van der Waals surface area contributed by atoms with Gasteiger partial charge in [0.15, 0.2) is 0 Å². The molecular weight excluding hydrogens is 500 g/mol. The highest BCUT2D eigenvalue weighted by Gasteiger charge is 2.06. The van der Waals surface area contributed by atoms with E-state index in [1.807, 2.05) is 0 Å². The fourth-order valence-corrected chi connectivity index (χ4v) is 5.14. The van der Waals surface area contributed by atoms with Crippen molar-refractivity contribution in [1.29, 1.82) is 0 Å². The largest absolute Gasteiger partial charge is 0.466 e. The van der Waals surface area contributed by atoms with E-state index in [9.17, 15) is 14.7 Å². The van der Waals surface area contributed by atoms with E-state index in [0.717, 1.165) is 64.2 Å². The van der Waals surface area contributed by atoms with Crippen LogP contribution < -0.4 is 0 Å². The van der Waals surface area contributed by atoms with Crippen LogP contribution in [0.3, 0.4) is 0 Å². The Morgan fingerprint density at radius 2 is 0.750 bits per heavy atom. The van der Waals surface area contributed by atoms with Crippen molar-refractivity contribution in [2.75, 3.05) is 13.2 Å². The van der Waals surface area contributed by atoms with Gasteiger partial charge >= 0.3 is 11.9 Å². The van der Waals surface area contributed by atoms with E-state index < -0.39 is 0 Å². The lowest BCUT2D eigenvalue weighted by Gasteiger charge is -2.10. The topological polar surface area (TPSA) is 72.8 Å². The Morgan fingerprint density at radius 1 is 0.450 bits per heavy atom. The minimum absolute atomic E-state index is 0.0259. The summed E-state index contributed by atoms with van der Waals surface area (Å²) < 4.78 is 10.6. The van der Waals surface area contributed by atoms with Crippen LogP contribution in [-0.2, 0) is 19.1 Å². The molecule has 0 saturated carbocycles. The number of aliphatic hydroxyl groups excluding tert-OH is 1. The van der Waals surface area contributed by atoms with Gasteiger partial charge in [-0.15, -0.1) is 0 Å². The van der Waals surface area contributed by atoms with Gasteiger partial charge in [0.05, 0.1) is 19.3 Å². The zero-order valence-corrected chi connectivity index (χ0v) is 26.9. The first-order chi connectivity index (χ1) is 19.6. The molecule has 0 unspecified atom stereocenters. The minimum atomic E-state index is -0.143. The molecule has 1 N–H and O–H groups in total. The molecule has 0 radical (unpaired) electrons. The van der Waals surface area contributed by atoms with Gasteiger partial charge in [-0.1, -0.05) is 142 Å². The van der Waals surface area contributed by atoms with Gasteiger partial charge in [0.1, 0.15) is 0 Å². The normalized spacial score (nSPS) is 11.3. The molecule has 5 heteroatoms. The van der Waals surface area contributed by atoms with Crippen LogP contribution in [0.4, 0.5) is 0 Å². The third kappa shape index (κ3) is 31.4. The number of hydrogen-bond acceptors (Lipinski definition) is 5. The zero-order chi connectivity index (χ0) is 29.4. The first-order valence-electron chi connectivity index (χ1n) is 17.6. The second-order valence-corrected chi connectivity index (χ2v) is 12.0. The zero-order valence-electron chi connectivity index (χ0n) is 26.9. The molecule has 0 aliphatic heterocycles. The van der Waals surface area contributed by atoms with Gasteiger partial charge < -0.3 is 14.6 Å². The Labute approximate surface area is 248 Å². The van der Waals surface area contributed by atoms with Crippen LogP contribution in [0.1, 0.15) is 194 Å². The molecule has 0 atom stereocenters. The van der Waals surface area contributed by atoms with Crippen molar-refractivity contribution >= 4 is 11.9 Å². The van der Waals surface area contributed by atoms with Crippen LogP contribution in [0.15, 0.2) is 0 Å². The third-order valence-electron chi connectivity index (χ3n) is 7.86. The van der Waals surface area contributed by atoms with Crippen LogP contribution in [0.5, 0.6) is 0 Å². The summed E-state index contributed by atoms with van der Waals surface area (Å²) in [6, 6.07) is 0. The Bertz CT molecular complexity index is 490. The van der Waals surface area contributed by atoms with Crippen LogP contribution in [0, 0.1) is 0 Å². The lowest BCUT2D eigenvalue weighted by molar-refractivity contribution is -0.144. The highest BCUT2D eigenvalue weighted by atomic mass is 16.5. The van der Waals surface area contributed by atoms with Gasteiger partial charge in [-0.25, -0.2) is 0 Å². The first kappa shape index (κ1) is 38.9. The van der Waals surface area contributed by atoms with E-state index in [1.54, 1.807) is 0 Å². The summed E-state index contributed by atoms with van der Waals surface area (Å²) in [7, 11) is 0. The maximum Gasteiger partial charge on any atom is 0.305 e. The van der Waals surface area contributed by atoms with E-state index in [2.05, 4.69) is 13.8 Å². The summed E-state index contributed by atoms with van der Waals surface area (Å²) in [5.41, 5.74) is 0. The van der Waals surface area contributed by atoms with Crippen LogP contribution in [0.2, 0.25) is 0 Å². The molecule has 0 fully saturated rings. The van der Waals surface area contributed by atoms with Gasteiger partial charge in [-0.3, -0.25) is 9.59 Å². The van der Waals surface area contributed by atoms with Gasteiger partial charge in [0, 0.05) is 12.8 Å². The lowest BCUT2D eigenvalue weighted by Crippen LogP contribution is -2.06. The predicted molar refractivity (Wildman–Crippen MR) is 169 cm³/mol. The summed E-state index contributed by atoms with van der Waals surface area (Å²) in [5.74, 6) is -0.0518. The molecule has 0 saturated heterocycles. The smallest absolute Gasteiger partial charge is 0.305 e. The average molecular weight is 569 g/mol. The maximum atomic E-state index is 11.7. The van der Waals surface area contributed by atoms with Crippen molar-refractivity contribution in [1.82, 2.24) is 0 Å². The van der Waals surface area contributed by atoms with Crippen molar-refractivity contribution < 1.29 is 24.2 Å². The first-order valence-corrected chi connectivity index (χ1v) is 17.6. The summed E-state index contributed by atoms with van der Waals surface area (Å²) >= 11 is 0. The Hall–Kier alpha value is -1.10. The monoisotopic (exact) mass is 569 g/mol. The number of hydrogen-bond donors (Lipinski definition) is 1. The molecule has 0 heterocycles. The quantitative estimate of drug-likeness (QED) is 0.0645. The SMILES string of the molecule is CCCCCCCOC(=O)CCCCCCCCCC(O)CCCCCCCCCC(=O)OCCCCCCC. The molecule has 0 aliphatic rings. The number of unbranched alkanes of at least 4 members (excludes halogenated alkanes) is 20. The number of carbonyl (C=O) groups is 2. The number of rotatable bonds is 32. The van der Waals surface area contributed by atoms with Crippen molar-refractivity contribution in [3.63, 3.8) is 0 Å². The van der Waals surface area contributed by atoms with E-state index in [1.165, 1.54) is 103 Å². The molecule has 238 valence electrons. The average Bonchev–Trinajstić information content (AvgIpc) is 2.94. The molecule has 0 amide bonds. The molecular formula is C35H68O5. The van der Waals surface area contributed by atoms with Crippen molar-refractivity contribution in [2.24, 2.45) is 0 Å². The predicted octanol–water partition coefficient (Wildman–Crippen LogP) is 10.4. The van der Waals surface area contributed by atoms with Crippen LogP contribution in [0.25, 0.3) is 0 Å². The molecule has 40 heavy (non-hydrogen) atoms. The standard InChI is InChI=1S/C35H68O5/c1-3-5-7-19-25-31-39-34(37)29-23-17-13-9-11-15-21-27-33(36)28-22-16-12-10-14-18-24-30-35(38)40-32-26-20-8-6-4-2/h33,36H,3-32H2,1-2H3. The van der Waals surface area contributed by atoms with E-state index in [4.69, 9.17) is 9.47 Å². The van der Waals surface area contributed by atoms with Crippen molar-refractivity contribution in [3.8, 4) is 0 Å². The number of ether oxygens (including phenoxy) is 2. The summed E-state index contributed by atoms with van der Waals surface area (Å²) in [6.07, 6.45) is 30.7. The van der Waals surface area contributed by atoms with Crippen LogP contribution >= 0.6 is 0 Å². The molecule has 0 rings (SSSR count). The molecule has 0 aliphatic carbocycles. The van der Waals surface area contributed by atoms with E-state index in [-0.39, 0.29) is 18.0 Å². The lowest BCUT2D eigenvalue weighted by atomic mass is 10.0. The highest BCUT2D eigenvalue weighted by molar-refractivity contribution is 5.69. The van der Waals surface area contributed by atoms with Crippen molar-refractivity contribution in [2.45, 2.75) is 200 Å². The molecule has 0 aromatic carbocycles. The fraction of sp³-hybridized carbons (Fsp3) is 0.943. The van der Waals surface area contributed by atoms with E-state index >= 15 is 0 Å². The van der Waals surface area contributed by atoms with Gasteiger partial charge in [0.25, 0.3) is 0 Å². The summed E-state index contributed by atoms with van der Waals surface area (Å²) in [6.45, 7) is 5.60. The van der Waals surface area contributed by atoms with Crippen LogP contribution in [-0.4, -0.2) is 36.4 Å². The van der Waals surface area contributed by atoms with Crippen molar-refractivity contribution in [3.05, 3.63) is 0 Å². The van der Waals surface area contributed by atoms with E-state index in [0.29, 0.717) is 26.1 Å². The second kappa shape index (κ2) is 32.4. The third-order valence-corrected chi connectivity index (χ3v) is 7.86. The highest BCUT2D eigenvalue weighted by Crippen LogP contribution is 2.15. The van der Waals surface area contributed by atoms with Gasteiger partial charge in [-0.05, 0) is 38.5 Å². The summed E-state index contributed by atoms with van der Waals surface area (Å²) in [5, 5.41) is 10.2. The number of aliphatic hydroxyl groups is 1. The van der Waals surface area contributed by atoms with Gasteiger partial charge in [0.2, 0.25) is 0 Å². The molecule has 0 bridgehead atoms. The number of esters is 2. The molecule has 0 aromatic heterocycles. The Balaban J connectivity index is 3.29. The number of carbonyl (C=O) groups excluding carboxylic acids is 2. The molecule has 0 aromatic rings. The second-order valence-electron chi connectivity index (χ2n) is 12.0. The fourth-order valence-electron chi connectivity index (χ4n) is 5.14. The molecule has 0 spiro atoms. The Kier molecular flexibility index (Phi) is 31.5. The van der Waals surface area contributed by atoms with Gasteiger partial charge in [-0.2, -0.15) is 0 Å².